The van der Waals surface area contributed by atoms with Crippen LogP contribution < -0.4 is 5.32 Å². The van der Waals surface area contributed by atoms with Crippen LogP contribution in [0, 0.1) is 0 Å². The first-order valence-electron chi connectivity index (χ1n) is 7.28. The van der Waals surface area contributed by atoms with Crippen LogP contribution in [0.25, 0.3) is 0 Å². The Hall–Kier alpha value is -0.800. The molecule has 0 saturated heterocycles. The first-order valence-corrected chi connectivity index (χ1v) is 7.28. The van der Waals surface area contributed by atoms with Crippen LogP contribution in [0.1, 0.15) is 57.7 Å². The molecule has 18 heavy (non-hydrogen) atoms. The smallest absolute Gasteiger partial charge is 0.0446 e. The second kappa shape index (κ2) is 9.17. The minimum Gasteiger partial charge on any atom is -0.396 e. The van der Waals surface area contributed by atoms with Crippen LogP contribution in [0.2, 0.25) is 0 Å². The van der Waals surface area contributed by atoms with Crippen molar-refractivity contribution in [3.05, 3.63) is 24.0 Å². The molecule has 0 aliphatic carbocycles. The highest BCUT2D eigenvalue weighted by molar-refractivity contribution is 5.11. The number of hydrogen-bond donors (Lipinski definition) is 2. The average Bonchev–Trinajstić information content (AvgIpc) is 2.84. The molecule has 1 atom stereocenters. The highest BCUT2D eigenvalue weighted by atomic mass is 16.2. The molecule has 0 spiro atoms. The fourth-order valence-corrected chi connectivity index (χ4v) is 2.24. The van der Waals surface area contributed by atoms with Gasteiger partial charge in [-0.05, 0) is 44.9 Å². The molecule has 0 saturated carbocycles. The van der Waals surface area contributed by atoms with E-state index in [1.54, 1.807) is 0 Å². The summed E-state index contributed by atoms with van der Waals surface area (Å²) in [4.78, 5) is 0. The van der Waals surface area contributed by atoms with E-state index in [0.29, 0.717) is 12.6 Å². The van der Waals surface area contributed by atoms with Gasteiger partial charge >= 0.3 is 0 Å². The van der Waals surface area contributed by atoms with E-state index in [2.05, 4.69) is 42.1 Å². The SMILES string of the molecule is CCCNC(C)c1cccn1CCCCCCO. The number of aliphatic hydroxyl groups is 1. The van der Waals surface area contributed by atoms with Crippen LogP contribution in [0.4, 0.5) is 0 Å². The van der Waals surface area contributed by atoms with Crippen molar-refractivity contribution in [1.82, 2.24) is 9.88 Å². The van der Waals surface area contributed by atoms with Crippen LogP contribution in [-0.2, 0) is 6.54 Å². The molecule has 1 aromatic rings. The molecular weight excluding hydrogens is 224 g/mol. The van der Waals surface area contributed by atoms with Crippen molar-refractivity contribution in [2.45, 2.75) is 58.5 Å². The van der Waals surface area contributed by atoms with E-state index >= 15 is 0 Å². The van der Waals surface area contributed by atoms with Gasteiger partial charge in [0.2, 0.25) is 0 Å². The van der Waals surface area contributed by atoms with Gasteiger partial charge in [-0.2, -0.15) is 0 Å². The normalized spacial score (nSPS) is 12.8. The second-order valence-electron chi connectivity index (χ2n) is 4.94. The van der Waals surface area contributed by atoms with Crippen molar-refractivity contribution in [1.29, 1.82) is 0 Å². The van der Waals surface area contributed by atoms with Crippen molar-refractivity contribution >= 4 is 0 Å². The Morgan fingerprint density at radius 2 is 2.06 bits per heavy atom. The van der Waals surface area contributed by atoms with Crippen molar-refractivity contribution in [3.63, 3.8) is 0 Å². The molecule has 3 nitrogen and oxygen atoms in total. The summed E-state index contributed by atoms with van der Waals surface area (Å²) in [6.07, 6.45) is 7.82. The van der Waals surface area contributed by atoms with Gasteiger partial charge in [-0.15, -0.1) is 0 Å². The van der Waals surface area contributed by atoms with Crippen molar-refractivity contribution in [2.24, 2.45) is 0 Å². The zero-order chi connectivity index (χ0) is 13.2. The number of nitrogens with zero attached hydrogens (tertiary/aromatic N) is 1. The lowest BCUT2D eigenvalue weighted by Gasteiger charge is -2.17. The summed E-state index contributed by atoms with van der Waals surface area (Å²) in [5.41, 5.74) is 1.38. The van der Waals surface area contributed by atoms with Crippen molar-refractivity contribution in [2.75, 3.05) is 13.2 Å². The number of rotatable bonds is 10. The highest BCUT2D eigenvalue weighted by Crippen LogP contribution is 2.14. The summed E-state index contributed by atoms with van der Waals surface area (Å²) in [5.74, 6) is 0. The molecule has 1 aromatic heterocycles. The summed E-state index contributed by atoms with van der Waals surface area (Å²) in [6.45, 7) is 6.91. The van der Waals surface area contributed by atoms with Gasteiger partial charge in [0.25, 0.3) is 0 Å². The standard InChI is InChI=1S/C15H28N2O/c1-3-10-16-14(2)15-9-8-12-17(15)11-6-4-5-7-13-18/h8-9,12,14,16,18H,3-7,10-11,13H2,1-2H3. The molecule has 3 heteroatoms. The number of hydrogen-bond acceptors (Lipinski definition) is 2. The first-order chi connectivity index (χ1) is 8.79. The second-order valence-corrected chi connectivity index (χ2v) is 4.94. The average molecular weight is 252 g/mol. The third-order valence-corrected chi connectivity index (χ3v) is 3.32. The molecule has 0 bridgehead atoms. The summed E-state index contributed by atoms with van der Waals surface area (Å²) in [7, 11) is 0. The minimum atomic E-state index is 0.326. The van der Waals surface area contributed by atoms with Crippen LogP contribution in [0.3, 0.4) is 0 Å². The number of unbranched alkanes of at least 4 members (excludes halogenated alkanes) is 3. The number of aliphatic hydroxyl groups excluding tert-OH is 1. The Bertz CT molecular complexity index is 309. The predicted octanol–water partition coefficient (Wildman–Crippen LogP) is 3.10. The van der Waals surface area contributed by atoms with E-state index in [9.17, 15) is 0 Å². The summed E-state index contributed by atoms with van der Waals surface area (Å²) >= 11 is 0. The maximum absolute atomic E-state index is 8.74. The fraction of sp³-hybridized carbons (Fsp3) is 0.733. The monoisotopic (exact) mass is 252 g/mol. The molecule has 1 heterocycles. The molecule has 0 aliphatic heterocycles. The Morgan fingerprint density at radius 1 is 1.28 bits per heavy atom. The summed E-state index contributed by atoms with van der Waals surface area (Å²) < 4.78 is 2.35. The molecule has 0 aromatic carbocycles. The van der Waals surface area contributed by atoms with Gasteiger partial charge in [-0.3, -0.25) is 0 Å². The Morgan fingerprint density at radius 3 is 2.78 bits per heavy atom. The molecule has 2 N–H and O–H groups in total. The van der Waals surface area contributed by atoms with Gasteiger partial charge in [0.1, 0.15) is 0 Å². The molecule has 0 aliphatic rings. The van der Waals surface area contributed by atoms with Gasteiger partial charge < -0.3 is 15.0 Å². The van der Waals surface area contributed by atoms with E-state index in [4.69, 9.17) is 5.11 Å². The van der Waals surface area contributed by atoms with E-state index < -0.39 is 0 Å². The molecule has 0 radical (unpaired) electrons. The lowest BCUT2D eigenvalue weighted by molar-refractivity contribution is 0.282. The molecular formula is C15H28N2O. The third-order valence-electron chi connectivity index (χ3n) is 3.32. The molecule has 0 amide bonds. The van der Waals surface area contributed by atoms with E-state index in [1.807, 2.05) is 0 Å². The quantitative estimate of drug-likeness (QED) is 0.628. The van der Waals surface area contributed by atoms with E-state index in [-0.39, 0.29) is 0 Å². The Balaban J connectivity index is 2.34. The number of nitrogens with one attached hydrogen (secondary N) is 1. The van der Waals surface area contributed by atoms with Crippen LogP contribution >= 0.6 is 0 Å². The summed E-state index contributed by atoms with van der Waals surface area (Å²) in [6, 6.07) is 4.77. The highest BCUT2D eigenvalue weighted by Gasteiger charge is 2.08. The molecule has 1 rings (SSSR count). The zero-order valence-corrected chi connectivity index (χ0v) is 11.9. The maximum Gasteiger partial charge on any atom is 0.0446 e. The van der Waals surface area contributed by atoms with E-state index in [1.165, 1.54) is 25.0 Å². The van der Waals surface area contributed by atoms with E-state index in [0.717, 1.165) is 25.9 Å². The lowest BCUT2D eigenvalue weighted by atomic mass is 10.2. The minimum absolute atomic E-state index is 0.326. The Kier molecular flexibility index (Phi) is 7.78. The molecule has 0 fully saturated rings. The van der Waals surface area contributed by atoms with Crippen molar-refractivity contribution in [3.8, 4) is 0 Å². The topological polar surface area (TPSA) is 37.2 Å². The first kappa shape index (κ1) is 15.3. The fourth-order valence-electron chi connectivity index (χ4n) is 2.24. The third kappa shape index (κ3) is 5.23. The van der Waals surface area contributed by atoms with Crippen LogP contribution in [0.5, 0.6) is 0 Å². The Labute approximate surface area is 111 Å². The largest absolute Gasteiger partial charge is 0.396 e. The predicted molar refractivity (Wildman–Crippen MR) is 76.7 cm³/mol. The van der Waals surface area contributed by atoms with Gasteiger partial charge in [0, 0.05) is 31.1 Å². The van der Waals surface area contributed by atoms with Gasteiger partial charge in [0.05, 0.1) is 0 Å². The van der Waals surface area contributed by atoms with Crippen LogP contribution in [-0.4, -0.2) is 22.8 Å². The lowest BCUT2D eigenvalue weighted by Crippen LogP contribution is -2.21. The zero-order valence-electron chi connectivity index (χ0n) is 11.9. The number of aromatic nitrogens is 1. The van der Waals surface area contributed by atoms with Gasteiger partial charge in [-0.1, -0.05) is 19.8 Å². The van der Waals surface area contributed by atoms with Crippen LogP contribution in [0.15, 0.2) is 18.3 Å². The van der Waals surface area contributed by atoms with Gasteiger partial charge in [-0.25, -0.2) is 0 Å². The number of aryl methyl sites for hydroxylation is 1. The molecule has 1 unspecified atom stereocenters. The maximum atomic E-state index is 8.74. The molecule has 104 valence electrons. The summed E-state index contributed by atoms with van der Waals surface area (Å²) in [5, 5.41) is 12.3. The van der Waals surface area contributed by atoms with Gasteiger partial charge in [0.15, 0.2) is 0 Å². The van der Waals surface area contributed by atoms with Crippen molar-refractivity contribution < 1.29 is 5.11 Å².